The SMILES string of the molecule is CN(CC(=O)NNC(=O)c1ccccc1)Cc1ccc(C(C)(C)C)cc1. The minimum Gasteiger partial charge on any atom is -0.293 e. The quantitative estimate of drug-likeness (QED) is 0.813. The molecule has 0 saturated heterocycles. The van der Waals surface area contributed by atoms with Crippen molar-refractivity contribution < 1.29 is 9.59 Å². The van der Waals surface area contributed by atoms with Crippen LogP contribution >= 0.6 is 0 Å². The molecule has 0 aromatic heterocycles. The summed E-state index contributed by atoms with van der Waals surface area (Å²) >= 11 is 0. The number of rotatable bonds is 5. The highest BCUT2D eigenvalue weighted by atomic mass is 16.2. The highest BCUT2D eigenvalue weighted by Crippen LogP contribution is 2.22. The Bertz CT molecular complexity index is 734. The number of benzene rings is 2. The molecule has 0 unspecified atom stereocenters. The van der Waals surface area contributed by atoms with Gasteiger partial charge in [0.15, 0.2) is 0 Å². The molecular weight excluding hydrogens is 326 g/mol. The van der Waals surface area contributed by atoms with Crippen LogP contribution in [-0.2, 0) is 16.8 Å². The van der Waals surface area contributed by atoms with Crippen LogP contribution in [-0.4, -0.2) is 30.3 Å². The summed E-state index contributed by atoms with van der Waals surface area (Å²) < 4.78 is 0. The summed E-state index contributed by atoms with van der Waals surface area (Å²) in [4.78, 5) is 25.8. The Morgan fingerprint density at radius 3 is 2.12 bits per heavy atom. The van der Waals surface area contributed by atoms with Crippen LogP contribution in [0.5, 0.6) is 0 Å². The molecule has 0 aliphatic carbocycles. The number of hydrogen-bond donors (Lipinski definition) is 2. The number of likely N-dealkylation sites (N-methyl/N-ethyl adjacent to an activating group) is 1. The van der Waals surface area contributed by atoms with Gasteiger partial charge in [-0.2, -0.15) is 0 Å². The molecule has 0 fully saturated rings. The van der Waals surface area contributed by atoms with Crippen molar-refractivity contribution in [3.8, 4) is 0 Å². The van der Waals surface area contributed by atoms with E-state index in [2.05, 4.69) is 55.9 Å². The lowest BCUT2D eigenvalue weighted by Crippen LogP contribution is -2.45. The second-order valence-corrected chi connectivity index (χ2v) is 7.49. The molecule has 2 aromatic carbocycles. The van der Waals surface area contributed by atoms with Crippen molar-refractivity contribution in [1.29, 1.82) is 0 Å². The molecule has 0 bridgehead atoms. The van der Waals surface area contributed by atoms with E-state index in [0.29, 0.717) is 12.1 Å². The molecule has 2 N–H and O–H groups in total. The van der Waals surface area contributed by atoms with E-state index >= 15 is 0 Å². The third-order valence-electron chi connectivity index (χ3n) is 4.04. The first kappa shape index (κ1) is 19.7. The average molecular weight is 353 g/mol. The Labute approximate surface area is 155 Å². The van der Waals surface area contributed by atoms with E-state index in [0.717, 1.165) is 5.56 Å². The number of carbonyl (C=O) groups excluding carboxylic acids is 2. The summed E-state index contributed by atoms with van der Waals surface area (Å²) in [5.74, 6) is -0.595. The van der Waals surface area contributed by atoms with Crippen molar-refractivity contribution in [2.24, 2.45) is 0 Å². The van der Waals surface area contributed by atoms with Crippen LogP contribution in [0.25, 0.3) is 0 Å². The van der Waals surface area contributed by atoms with Gasteiger partial charge in [0.25, 0.3) is 11.8 Å². The van der Waals surface area contributed by atoms with Crippen LogP contribution in [0, 0.1) is 0 Å². The van der Waals surface area contributed by atoms with Crippen molar-refractivity contribution in [2.75, 3.05) is 13.6 Å². The Morgan fingerprint density at radius 2 is 1.54 bits per heavy atom. The molecule has 5 heteroatoms. The first-order valence-electron chi connectivity index (χ1n) is 8.68. The van der Waals surface area contributed by atoms with E-state index < -0.39 is 0 Å². The predicted octanol–water partition coefficient (Wildman–Crippen LogP) is 2.88. The van der Waals surface area contributed by atoms with Gasteiger partial charge in [-0.25, -0.2) is 0 Å². The summed E-state index contributed by atoms with van der Waals surface area (Å²) in [5.41, 5.74) is 7.92. The van der Waals surface area contributed by atoms with Gasteiger partial charge in [0, 0.05) is 12.1 Å². The maximum Gasteiger partial charge on any atom is 0.269 e. The summed E-state index contributed by atoms with van der Waals surface area (Å²) in [7, 11) is 1.87. The monoisotopic (exact) mass is 353 g/mol. The minimum atomic E-state index is -0.334. The van der Waals surface area contributed by atoms with Crippen LogP contribution in [0.15, 0.2) is 54.6 Å². The van der Waals surface area contributed by atoms with E-state index in [-0.39, 0.29) is 23.8 Å². The standard InChI is InChI=1S/C21H27N3O2/c1-21(2,3)18-12-10-16(11-13-18)14-24(4)15-19(25)22-23-20(26)17-8-6-5-7-9-17/h5-13H,14-15H2,1-4H3,(H,22,25)(H,23,26). The molecule has 2 aromatic rings. The maximum absolute atomic E-state index is 12.0. The molecule has 2 amide bonds. The molecule has 0 aliphatic heterocycles. The van der Waals surface area contributed by atoms with Gasteiger partial charge in [0.1, 0.15) is 0 Å². The Hall–Kier alpha value is -2.66. The van der Waals surface area contributed by atoms with Crippen molar-refractivity contribution >= 4 is 11.8 Å². The van der Waals surface area contributed by atoms with Crippen molar-refractivity contribution in [3.05, 3.63) is 71.3 Å². The molecule has 5 nitrogen and oxygen atoms in total. The second-order valence-electron chi connectivity index (χ2n) is 7.49. The molecular formula is C21H27N3O2. The minimum absolute atomic E-state index is 0.126. The van der Waals surface area contributed by atoms with E-state index in [1.54, 1.807) is 24.3 Å². The lowest BCUT2D eigenvalue weighted by molar-refractivity contribution is -0.122. The van der Waals surface area contributed by atoms with Crippen molar-refractivity contribution in [3.63, 3.8) is 0 Å². The summed E-state index contributed by atoms with van der Waals surface area (Å²) in [6.45, 7) is 7.40. The lowest BCUT2D eigenvalue weighted by atomic mass is 9.87. The zero-order valence-electron chi connectivity index (χ0n) is 15.9. The number of hydrazine groups is 1. The smallest absolute Gasteiger partial charge is 0.269 e. The highest BCUT2D eigenvalue weighted by molar-refractivity contribution is 5.95. The van der Waals surface area contributed by atoms with Crippen LogP contribution in [0.1, 0.15) is 42.3 Å². The first-order valence-corrected chi connectivity index (χ1v) is 8.68. The number of nitrogens with zero attached hydrogens (tertiary/aromatic N) is 1. The molecule has 0 saturated carbocycles. The number of nitrogens with one attached hydrogen (secondary N) is 2. The van der Waals surface area contributed by atoms with Gasteiger partial charge in [-0.1, -0.05) is 63.2 Å². The van der Waals surface area contributed by atoms with E-state index in [1.165, 1.54) is 5.56 Å². The van der Waals surface area contributed by atoms with Crippen LogP contribution < -0.4 is 10.9 Å². The zero-order chi connectivity index (χ0) is 19.2. The van der Waals surface area contributed by atoms with Gasteiger partial charge < -0.3 is 0 Å². The number of amides is 2. The normalized spacial score (nSPS) is 11.3. The average Bonchev–Trinajstić information content (AvgIpc) is 2.60. The second kappa shape index (κ2) is 8.63. The van der Waals surface area contributed by atoms with Crippen molar-refractivity contribution in [1.82, 2.24) is 15.8 Å². The maximum atomic E-state index is 12.0. The fourth-order valence-electron chi connectivity index (χ4n) is 2.55. The van der Waals surface area contributed by atoms with Crippen LogP contribution in [0.4, 0.5) is 0 Å². The van der Waals surface area contributed by atoms with Gasteiger partial charge in [0.2, 0.25) is 0 Å². The molecule has 2 rings (SSSR count). The number of hydrogen-bond acceptors (Lipinski definition) is 3. The summed E-state index contributed by atoms with van der Waals surface area (Å²) in [6.07, 6.45) is 0. The summed E-state index contributed by atoms with van der Waals surface area (Å²) in [6, 6.07) is 17.2. The fraction of sp³-hybridized carbons (Fsp3) is 0.333. The van der Waals surface area contributed by atoms with Gasteiger partial charge in [-0.15, -0.1) is 0 Å². The molecule has 0 aliphatic rings. The summed E-state index contributed by atoms with van der Waals surface area (Å²) in [5, 5.41) is 0. The van der Waals surface area contributed by atoms with Gasteiger partial charge in [0.05, 0.1) is 6.54 Å². The van der Waals surface area contributed by atoms with E-state index in [1.807, 2.05) is 18.0 Å². The third-order valence-corrected chi connectivity index (χ3v) is 4.04. The molecule has 26 heavy (non-hydrogen) atoms. The van der Waals surface area contributed by atoms with Crippen LogP contribution in [0.3, 0.4) is 0 Å². The fourth-order valence-corrected chi connectivity index (χ4v) is 2.55. The largest absolute Gasteiger partial charge is 0.293 e. The van der Waals surface area contributed by atoms with Gasteiger partial charge in [-0.3, -0.25) is 25.3 Å². The van der Waals surface area contributed by atoms with Gasteiger partial charge >= 0.3 is 0 Å². The zero-order valence-corrected chi connectivity index (χ0v) is 15.9. The van der Waals surface area contributed by atoms with Crippen molar-refractivity contribution in [2.45, 2.75) is 32.7 Å². The third kappa shape index (κ3) is 6.01. The molecule has 0 heterocycles. The first-order chi connectivity index (χ1) is 12.3. The topological polar surface area (TPSA) is 61.4 Å². The van der Waals surface area contributed by atoms with Crippen LogP contribution in [0.2, 0.25) is 0 Å². The van der Waals surface area contributed by atoms with E-state index in [9.17, 15) is 9.59 Å². The predicted molar refractivity (Wildman–Crippen MR) is 104 cm³/mol. The molecule has 0 radical (unpaired) electrons. The Kier molecular flexibility index (Phi) is 6.52. The lowest BCUT2D eigenvalue weighted by Gasteiger charge is -2.20. The highest BCUT2D eigenvalue weighted by Gasteiger charge is 2.14. The number of carbonyl (C=O) groups is 2. The Balaban J connectivity index is 1.79. The Morgan fingerprint density at radius 1 is 0.923 bits per heavy atom. The molecule has 0 atom stereocenters. The van der Waals surface area contributed by atoms with Gasteiger partial charge in [-0.05, 0) is 35.7 Å². The molecule has 0 spiro atoms. The molecule has 138 valence electrons. The van der Waals surface area contributed by atoms with E-state index in [4.69, 9.17) is 0 Å².